The molecule has 0 spiro atoms. The molecule has 92 valence electrons. The van der Waals surface area contributed by atoms with Gasteiger partial charge in [0.25, 0.3) is 0 Å². The smallest absolute Gasteiger partial charge is 0.122 e. The molecule has 17 heavy (non-hydrogen) atoms. The molecule has 1 atom stereocenters. The van der Waals surface area contributed by atoms with Gasteiger partial charge in [-0.1, -0.05) is 48.9 Å². The normalized spacial score (nSPS) is 12.6. The highest BCUT2D eigenvalue weighted by atomic mass is 16.3. The second-order valence-electron chi connectivity index (χ2n) is 4.75. The number of phenols is 1. The number of phenolic OH excluding ortho intramolecular Hbond substituents is 1. The standard InChI is InChI=1S/C16H22O/c1-13(2)7-6-8-14(3)11-12-15-9-4-5-10-16(15)17/h4-5,7,9-12,14,17H,6,8H2,1-3H3/b12-11+. The molecule has 0 aliphatic heterocycles. The van der Waals surface area contributed by atoms with Crippen molar-refractivity contribution in [1.29, 1.82) is 0 Å². The van der Waals surface area contributed by atoms with Crippen molar-refractivity contribution in [2.75, 3.05) is 0 Å². The highest BCUT2D eigenvalue weighted by molar-refractivity contribution is 5.56. The Balaban J connectivity index is 2.48. The van der Waals surface area contributed by atoms with Crippen molar-refractivity contribution in [3.05, 3.63) is 47.6 Å². The minimum Gasteiger partial charge on any atom is -0.507 e. The first-order valence-electron chi connectivity index (χ1n) is 6.19. The van der Waals surface area contributed by atoms with Gasteiger partial charge in [0.15, 0.2) is 0 Å². The lowest BCUT2D eigenvalue weighted by Crippen LogP contribution is -1.88. The summed E-state index contributed by atoms with van der Waals surface area (Å²) in [6, 6.07) is 7.42. The van der Waals surface area contributed by atoms with Crippen LogP contribution in [0.4, 0.5) is 0 Å². The fraction of sp³-hybridized carbons (Fsp3) is 0.375. The molecule has 0 bridgehead atoms. The Kier molecular flexibility index (Phi) is 5.55. The van der Waals surface area contributed by atoms with Gasteiger partial charge in [-0.3, -0.25) is 0 Å². The van der Waals surface area contributed by atoms with E-state index in [4.69, 9.17) is 0 Å². The number of para-hydroxylation sites is 1. The van der Waals surface area contributed by atoms with Crippen LogP contribution in [0.3, 0.4) is 0 Å². The predicted octanol–water partition coefficient (Wildman–Crippen LogP) is 4.79. The molecule has 0 aromatic heterocycles. The Morgan fingerprint density at radius 1 is 1.29 bits per heavy atom. The summed E-state index contributed by atoms with van der Waals surface area (Å²) >= 11 is 0. The lowest BCUT2D eigenvalue weighted by atomic mass is 10.0. The quantitative estimate of drug-likeness (QED) is 0.721. The van der Waals surface area contributed by atoms with Crippen molar-refractivity contribution in [1.82, 2.24) is 0 Å². The van der Waals surface area contributed by atoms with Crippen LogP contribution >= 0.6 is 0 Å². The fourth-order valence-corrected chi connectivity index (χ4v) is 1.63. The molecule has 1 aromatic carbocycles. The van der Waals surface area contributed by atoms with E-state index >= 15 is 0 Å². The summed E-state index contributed by atoms with van der Waals surface area (Å²) in [4.78, 5) is 0. The van der Waals surface area contributed by atoms with E-state index in [1.54, 1.807) is 6.07 Å². The molecule has 0 aliphatic carbocycles. The van der Waals surface area contributed by atoms with E-state index < -0.39 is 0 Å². The van der Waals surface area contributed by atoms with Crippen molar-refractivity contribution < 1.29 is 5.11 Å². The Hall–Kier alpha value is -1.50. The van der Waals surface area contributed by atoms with Crippen LogP contribution in [-0.4, -0.2) is 5.11 Å². The van der Waals surface area contributed by atoms with E-state index in [-0.39, 0.29) is 0 Å². The van der Waals surface area contributed by atoms with Crippen LogP contribution in [0.1, 0.15) is 39.2 Å². The number of allylic oxidation sites excluding steroid dienone is 3. The minimum atomic E-state index is 0.347. The zero-order chi connectivity index (χ0) is 12.7. The van der Waals surface area contributed by atoms with E-state index in [1.807, 2.05) is 24.3 Å². The fourth-order valence-electron chi connectivity index (χ4n) is 1.63. The third kappa shape index (κ3) is 5.39. The van der Waals surface area contributed by atoms with Gasteiger partial charge >= 0.3 is 0 Å². The molecular weight excluding hydrogens is 208 g/mol. The first-order chi connectivity index (χ1) is 8.09. The maximum Gasteiger partial charge on any atom is 0.122 e. The van der Waals surface area contributed by atoms with Crippen molar-refractivity contribution in [3.8, 4) is 5.75 Å². The monoisotopic (exact) mass is 230 g/mol. The molecule has 0 saturated heterocycles. The van der Waals surface area contributed by atoms with Gasteiger partial charge in [0.2, 0.25) is 0 Å². The molecule has 1 aromatic rings. The van der Waals surface area contributed by atoms with Gasteiger partial charge in [0.1, 0.15) is 5.75 Å². The third-order valence-corrected chi connectivity index (χ3v) is 2.72. The molecule has 0 saturated carbocycles. The summed E-state index contributed by atoms with van der Waals surface area (Å²) in [5.74, 6) is 0.880. The molecule has 0 aliphatic rings. The maximum atomic E-state index is 9.61. The van der Waals surface area contributed by atoms with Crippen LogP contribution in [0.5, 0.6) is 5.75 Å². The van der Waals surface area contributed by atoms with E-state index in [9.17, 15) is 5.11 Å². The first kappa shape index (κ1) is 13.6. The summed E-state index contributed by atoms with van der Waals surface area (Å²) in [6.45, 7) is 6.46. The van der Waals surface area contributed by atoms with Gasteiger partial charge < -0.3 is 5.11 Å². The topological polar surface area (TPSA) is 20.2 Å². The van der Waals surface area contributed by atoms with Gasteiger partial charge in [-0.25, -0.2) is 0 Å². The van der Waals surface area contributed by atoms with E-state index in [2.05, 4.69) is 32.9 Å². The van der Waals surface area contributed by atoms with Crippen LogP contribution in [0, 0.1) is 5.92 Å². The van der Waals surface area contributed by atoms with Crippen LogP contribution in [0.25, 0.3) is 6.08 Å². The van der Waals surface area contributed by atoms with E-state index in [1.165, 1.54) is 5.57 Å². The van der Waals surface area contributed by atoms with Crippen molar-refractivity contribution >= 4 is 6.08 Å². The molecular formula is C16H22O. The summed E-state index contributed by atoms with van der Waals surface area (Å²) in [6.07, 6.45) is 8.70. The Morgan fingerprint density at radius 3 is 2.65 bits per heavy atom. The molecule has 0 radical (unpaired) electrons. The zero-order valence-electron chi connectivity index (χ0n) is 11.0. The molecule has 1 heteroatoms. The number of aromatic hydroxyl groups is 1. The zero-order valence-corrected chi connectivity index (χ0v) is 11.0. The minimum absolute atomic E-state index is 0.347. The highest BCUT2D eigenvalue weighted by Gasteiger charge is 1.97. The summed E-state index contributed by atoms with van der Waals surface area (Å²) in [5.41, 5.74) is 2.27. The lowest BCUT2D eigenvalue weighted by molar-refractivity contribution is 0.474. The van der Waals surface area contributed by atoms with Crippen LogP contribution < -0.4 is 0 Å². The summed E-state index contributed by atoms with van der Waals surface area (Å²) < 4.78 is 0. The largest absolute Gasteiger partial charge is 0.507 e. The first-order valence-corrected chi connectivity index (χ1v) is 6.19. The highest BCUT2D eigenvalue weighted by Crippen LogP contribution is 2.19. The average molecular weight is 230 g/mol. The second kappa shape index (κ2) is 6.95. The molecule has 0 heterocycles. The number of benzene rings is 1. The molecule has 0 fully saturated rings. The van der Waals surface area contributed by atoms with E-state index in [0.717, 1.165) is 18.4 Å². The summed E-state index contributed by atoms with van der Waals surface area (Å²) in [5, 5.41) is 9.61. The van der Waals surface area contributed by atoms with Gasteiger partial charge in [-0.05, 0) is 38.7 Å². The third-order valence-electron chi connectivity index (χ3n) is 2.72. The molecule has 1 N–H and O–H groups in total. The van der Waals surface area contributed by atoms with E-state index in [0.29, 0.717) is 11.7 Å². The molecule has 1 unspecified atom stereocenters. The summed E-state index contributed by atoms with van der Waals surface area (Å²) in [7, 11) is 0. The Morgan fingerprint density at radius 2 is 2.00 bits per heavy atom. The predicted molar refractivity (Wildman–Crippen MR) is 75.0 cm³/mol. The van der Waals surface area contributed by atoms with Crippen molar-refractivity contribution in [3.63, 3.8) is 0 Å². The number of rotatable bonds is 5. The Bertz CT molecular complexity index is 398. The van der Waals surface area contributed by atoms with Crippen LogP contribution in [0.2, 0.25) is 0 Å². The molecule has 1 rings (SSSR count). The molecule has 1 nitrogen and oxygen atoms in total. The number of hydrogen-bond acceptors (Lipinski definition) is 1. The number of hydrogen-bond donors (Lipinski definition) is 1. The van der Waals surface area contributed by atoms with Crippen LogP contribution in [0.15, 0.2) is 42.0 Å². The van der Waals surface area contributed by atoms with Gasteiger partial charge in [-0.2, -0.15) is 0 Å². The van der Waals surface area contributed by atoms with Gasteiger partial charge in [0.05, 0.1) is 0 Å². The van der Waals surface area contributed by atoms with Crippen molar-refractivity contribution in [2.24, 2.45) is 5.92 Å². The molecule has 0 amide bonds. The van der Waals surface area contributed by atoms with Gasteiger partial charge in [-0.15, -0.1) is 0 Å². The lowest BCUT2D eigenvalue weighted by Gasteiger charge is -2.04. The van der Waals surface area contributed by atoms with Gasteiger partial charge in [0, 0.05) is 5.56 Å². The van der Waals surface area contributed by atoms with Crippen LogP contribution in [-0.2, 0) is 0 Å². The average Bonchev–Trinajstić information content (AvgIpc) is 2.27. The SMILES string of the molecule is CC(C)=CCCC(C)/C=C/c1ccccc1O. The Labute approximate surface area is 104 Å². The maximum absolute atomic E-state index is 9.61. The second-order valence-corrected chi connectivity index (χ2v) is 4.75. The van der Waals surface area contributed by atoms with Crippen molar-refractivity contribution in [2.45, 2.75) is 33.6 Å².